The summed E-state index contributed by atoms with van der Waals surface area (Å²) < 4.78 is 0. The number of carbonyl (C=O) groups excluding carboxylic acids is 1. The Labute approximate surface area is 83.4 Å². The number of nitrogens with zero attached hydrogens (tertiary/aromatic N) is 1. The molecule has 1 saturated carbocycles. The molecule has 72 valence electrons. The van der Waals surface area contributed by atoms with Gasteiger partial charge in [0.15, 0.2) is 0 Å². The predicted octanol–water partition coefficient (Wildman–Crippen LogP) is 1.67. The van der Waals surface area contributed by atoms with Gasteiger partial charge in [0.1, 0.15) is 0 Å². The van der Waals surface area contributed by atoms with Crippen molar-refractivity contribution in [3.63, 3.8) is 0 Å². The van der Waals surface area contributed by atoms with Crippen molar-refractivity contribution in [3.8, 4) is 0 Å². The molecule has 0 radical (unpaired) electrons. The molecule has 1 aliphatic heterocycles. The maximum atomic E-state index is 11.5. The smallest absolute Gasteiger partial charge is 0.246 e. The van der Waals surface area contributed by atoms with Crippen molar-refractivity contribution in [2.45, 2.75) is 30.6 Å². The molecule has 0 aromatic carbocycles. The van der Waals surface area contributed by atoms with Crippen LogP contribution in [0.25, 0.3) is 0 Å². The first-order chi connectivity index (χ1) is 6.33. The number of hydrogen-bond donors (Lipinski definition) is 0. The Morgan fingerprint density at radius 3 is 3.15 bits per heavy atom. The maximum absolute atomic E-state index is 11.5. The van der Waals surface area contributed by atoms with Crippen molar-refractivity contribution in [2.75, 3.05) is 12.3 Å². The molecule has 0 spiro atoms. The maximum Gasteiger partial charge on any atom is 0.246 e. The van der Waals surface area contributed by atoms with Crippen molar-refractivity contribution in [3.05, 3.63) is 12.7 Å². The number of amides is 1. The third-order valence-electron chi connectivity index (χ3n) is 2.94. The molecule has 0 bridgehead atoms. The lowest BCUT2D eigenvalue weighted by Crippen LogP contribution is -2.47. The summed E-state index contributed by atoms with van der Waals surface area (Å²) in [4.78, 5) is 13.5. The number of fused-ring (bicyclic) bond motifs is 1. The standard InChI is InChI=1S/C10H15NOS/c1-2-10(12)11-6-7-13-9-5-3-4-8(9)11/h2,8-9H,1,3-7H2. The topological polar surface area (TPSA) is 20.3 Å². The molecule has 13 heavy (non-hydrogen) atoms. The van der Waals surface area contributed by atoms with Gasteiger partial charge in [-0.2, -0.15) is 11.8 Å². The summed E-state index contributed by atoms with van der Waals surface area (Å²) >= 11 is 2.04. The summed E-state index contributed by atoms with van der Waals surface area (Å²) in [5, 5.41) is 0.706. The van der Waals surface area contributed by atoms with Crippen LogP contribution in [0, 0.1) is 0 Å². The monoisotopic (exact) mass is 197 g/mol. The number of rotatable bonds is 1. The van der Waals surface area contributed by atoms with Gasteiger partial charge in [-0.1, -0.05) is 13.0 Å². The molecular weight excluding hydrogens is 182 g/mol. The number of thioether (sulfide) groups is 1. The minimum absolute atomic E-state index is 0.122. The summed E-state index contributed by atoms with van der Waals surface area (Å²) in [6, 6.07) is 0.504. The Morgan fingerprint density at radius 2 is 2.38 bits per heavy atom. The van der Waals surface area contributed by atoms with Crippen LogP contribution in [0.15, 0.2) is 12.7 Å². The first-order valence-electron chi connectivity index (χ1n) is 4.87. The molecule has 1 saturated heterocycles. The molecule has 1 amide bonds. The third kappa shape index (κ3) is 1.62. The van der Waals surface area contributed by atoms with E-state index in [0.717, 1.165) is 12.3 Å². The molecule has 3 heteroatoms. The molecule has 2 atom stereocenters. The Morgan fingerprint density at radius 1 is 1.54 bits per heavy atom. The second-order valence-electron chi connectivity index (χ2n) is 3.64. The summed E-state index contributed by atoms with van der Waals surface area (Å²) in [5.74, 6) is 1.22. The molecule has 0 aromatic heterocycles. The van der Waals surface area contributed by atoms with Gasteiger partial charge >= 0.3 is 0 Å². The Hall–Kier alpha value is -0.440. The Balaban J connectivity index is 2.09. The summed E-state index contributed by atoms with van der Waals surface area (Å²) in [7, 11) is 0. The van der Waals surface area contributed by atoms with E-state index < -0.39 is 0 Å². The summed E-state index contributed by atoms with van der Waals surface area (Å²) in [5.41, 5.74) is 0. The van der Waals surface area contributed by atoms with Crippen LogP contribution in [-0.2, 0) is 4.79 Å². The van der Waals surface area contributed by atoms with Gasteiger partial charge in [0.05, 0.1) is 0 Å². The molecule has 2 fully saturated rings. The zero-order valence-corrected chi connectivity index (χ0v) is 8.55. The molecule has 0 N–H and O–H groups in total. The van der Waals surface area contributed by atoms with E-state index >= 15 is 0 Å². The van der Waals surface area contributed by atoms with Crippen molar-refractivity contribution < 1.29 is 4.79 Å². The molecule has 2 nitrogen and oxygen atoms in total. The average molecular weight is 197 g/mol. The van der Waals surface area contributed by atoms with Crippen molar-refractivity contribution >= 4 is 17.7 Å². The van der Waals surface area contributed by atoms with Crippen molar-refractivity contribution in [1.29, 1.82) is 0 Å². The lowest BCUT2D eigenvalue weighted by Gasteiger charge is -2.36. The first-order valence-corrected chi connectivity index (χ1v) is 5.92. The van der Waals surface area contributed by atoms with E-state index in [1.165, 1.54) is 25.3 Å². The van der Waals surface area contributed by atoms with E-state index in [9.17, 15) is 4.79 Å². The Bertz CT molecular complexity index is 229. The fraction of sp³-hybridized carbons (Fsp3) is 0.700. The van der Waals surface area contributed by atoms with Gasteiger partial charge in [-0.15, -0.1) is 0 Å². The van der Waals surface area contributed by atoms with Crippen LogP contribution in [0.4, 0.5) is 0 Å². The van der Waals surface area contributed by atoms with E-state index in [2.05, 4.69) is 6.58 Å². The normalized spacial score (nSPS) is 32.8. The van der Waals surface area contributed by atoms with Gasteiger partial charge in [-0.3, -0.25) is 4.79 Å². The molecule has 1 heterocycles. The van der Waals surface area contributed by atoms with Gasteiger partial charge in [0.25, 0.3) is 0 Å². The molecular formula is C10H15NOS. The van der Waals surface area contributed by atoms with E-state index in [0.29, 0.717) is 11.3 Å². The van der Waals surface area contributed by atoms with E-state index in [1.54, 1.807) is 0 Å². The molecule has 1 aliphatic carbocycles. The van der Waals surface area contributed by atoms with Gasteiger partial charge in [-0.05, 0) is 18.9 Å². The number of hydrogen-bond acceptors (Lipinski definition) is 2. The highest BCUT2D eigenvalue weighted by atomic mass is 32.2. The SMILES string of the molecule is C=CC(=O)N1CCSC2CCCC21. The van der Waals surface area contributed by atoms with Gasteiger partial charge in [0.2, 0.25) is 5.91 Å². The van der Waals surface area contributed by atoms with Crippen LogP contribution in [0.2, 0.25) is 0 Å². The lowest BCUT2D eigenvalue weighted by molar-refractivity contribution is -0.127. The average Bonchev–Trinajstić information content (AvgIpc) is 2.63. The van der Waals surface area contributed by atoms with E-state index in [1.807, 2.05) is 16.7 Å². The highest BCUT2D eigenvalue weighted by molar-refractivity contribution is 8.00. The molecule has 0 aromatic rings. The summed E-state index contributed by atoms with van der Waals surface area (Å²) in [6.07, 6.45) is 5.21. The van der Waals surface area contributed by atoms with Crippen LogP contribution in [-0.4, -0.2) is 34.4 Å². The summed E-state index contributed by atoms with van der Waals surface area (Å²) in [6.45, 7) is 4.47. The predicted molar refractivity (Wildman–Crippen MR) is 55.8 cm³/mol. The Kier molecular flexibility index (Phi) is 2.63. The van der Waals surface area contributed by atoms with Gasteiger partial charge < -0.3 is 4.90 Å². The molecule has 2 aliphatic rings. The van der Waals surface area contributed by atoms with Crippen molar-refractivity contribution in [2.24, 2.45) is 0 Å². The van der Waals surface area contributed by atoms with Crippen LogP contribution in [0.1, 0.15) is 19.3 Å². The van der Waals surface area contributed by atoms with E-state index in [4.69, 9.17) is 0 Å². The van der Waals surface area contributed by atoms with Crippen LogP contribution in [0.5, 0.6) is 0 Å². The largest absolute Gasteiger partial charge is 0.334 e. The molecule has 2 rings (SSSR count). The van der Waals surface area contributed by atoms with Crippen molar-refractivity contribution in [1.82, 2.24) is 4.90 Å². The highest BCUT2D eigenvalue weighted by Gasteiger charge is 2.36. The fourth-order valence-corrected chi connectivity index (χ4v) is 3.76. The second kappa shape index (κ2) is 3.74. The zero-order chi connectivity index (χ0) is 9.26. The van der Waals surface area contributed by atoms with Crippen LogP contribution < -0.4 is 0 Å². The minimum atomic E-state index is 0.122. The quantitative estimate of drug-likeness (QED) is 0.596. The van der Waals surface area contributed by atoms with Crippen LogP contribution in [0.3, 0.4) is 0 Å². The van der Waals surface area contributed by atoms with E-state index in [-0.39, 0.29) is 5.91 Å². The molecule has 2 unspecified atom stereocenters. The second-order valence-corrected chi connectivity index (χ2v) is 4.99. The minimum Gasteiger partial charge on any atom is -0.334 e. The lowest BCUT2D eigenvalue weighted by atomic mass is 10.2. The zero-order valence-electron chi connectivity index (χ0n) is 7.74. The van der Waals surface area contributed by atoms with Gasteiger partial charge in [0, 0.05) is 23.6 Å². The fourth-order valence-electron chi connectivity index (χ4n) is 2.32. The third-order valence-corrected chi connectivity index (χ3v) is 4.34. The number of carbonyl (C=O) groups is 1. The highest BCUT2D eigenvalue weighted by Crippen LogP contribution is 2.36. The van der Waals surface area contributed by atoms with Crippen LogP contribution >= 0.6 is 11.8 Å². The first kappa shape index (κ1) is 9.13. The van der Waals surface area contributed by atoms with Gasteiger partial charge in [-0.25, -0.2) is 0 Å².